The molecule has 23 heavy (non-hydrogen) atoms. The third-order valence-electron chi connectivity index (χ3n) is 3.80. The van der Waals surface area contributed by atoms with Crippen molar-refractivity contribution in [2.45, 2.75) is 25.3 Å². The van der Waals surface area contributed by atoms with Gasteiger partial charge < -0.3 is 9.47 Å². The molecule has 120 valence electrons. The first-order valence-corrected chi connectivity index (χ1v) is 7.07. The van der Waals surface area contributed by atoms with Crippen LogP contribution in [0.25, 0.3) is 17.4 Å². The summed E-state index contributed by atoms with van der Waals surface area (Å²) in [6.07, 6.45) is 5.62. The minimum Gasteiger partial charge on any atom is -0.479 e. The van der Waals surface area contributed by atoms with E-state index >= 15 is 0 Å². The second-order valence-corrected chi connectivity index (χ2v) is 5.08. The molecule has 0 N–H and O–H groups in total. The number of aromatic nitrogens is 4. The number of hydrogen-bond donors (Lipinski definition) is 0. The second-order valence-electron chi connectivity index (χ2n) is 5.08. The average molecular weight is 316 g/mol. The number of fused-ring (bicyclic) bond motifs is 1. The number of imidazole rings is 1. The Balaban J connectivity index is 1.95. The fraction of sp³-hybridized carbons (Fsp3) is 0.429. The smallest absolute Gasteiger partial charge is 0.336 e. The van der Waals surface area contributed by atoms with E-state index in [1.807, 2.05) is 6.92 Å². The topological polar surface area (TPSA) is 104 Å². The monoisotopic (exact) mass is 316 g/mol. The first-order chi connectivity index (χ1) is 11.1. The van der Waals surface area contributed by atoms with E-state index in [1.54, 1.807) is 17.1 Å². The second kappa shape index (κ2) is 5.75. The quantitative estimate of drug-likeness (QED) is 0.797. The van der Waals surface area contributed by atoms with Crippen LogP contribution < -0.4 is 4.74 Å². The van der Waals surface area contributed by atoms with Gasteiger partial charge in [-0.1, -0.05) is 6.92 Å². The molecule has 1 aliphatic heterocycles. The van der Waals surface area contributed by atoms with Crippen molar-refractivity contribution in [1.82, 2.24) is 19.5 Å². The minimum atomic E-state index is -0.941. The summed E-state index contributed by atoms with van der Waals surface area (Å²) in [7, 11) is 2.87. The molecule has 2 aromatic rings. The fourth-order valence-corrected chi connectivity index (χ4v) is 2.48. The van der Waals surface area contributed by atoms with Gasteiger partial charge in [-0.25, -0.2) is 14.8 Å². The molecule has 0 amide bonds. The molecule has 3 heterocycles. The molecule has 2 aromatic heterocycles. The molecular weight excluding hydrogens is 300 g/mol. The van der Waals surface area contributed by atoms with Crippen molar-refractivity contribution in [3.8, 4) is 5.88 Å². The number of methoxy groups -OCH3 is 2. The van der Waals surface area contributed by atoms with Crippen LogP contribution in [0.3, 0.4) is 0 Å². The molecule has 0 bridgehead atoms. The normalized spacial score (nSPS) is 22.0. The highest BCUT2D eigenvalue weighted by Gasteiger charge is 2.42. The van der Waals surface area contributed by atoms with Gasteiger partial charge in [0.15, 0.2) is 16.7 Å². The van der Waals surface area contributed by atoms with E-state index < -0.39 is 5.54 Å². The standard InChI is InChI=1S/C14H16N6O3/c1-4-14(13(21)23-3)5-9(18-19-14)6-20-8-17-10-11(20)15-7-16-12(10)22-2/h6-8H,4-5H2,1-3H3/b9-6+. The maximum Gasteiger partial charge on any atom is 0.336 e. The van der Waals surface area contributed by atoms with Gasteiger partial charge in [0.2, 0.25) is 5.88 Å². The van der Waals surface area contributed by atoms with Crippen LogP contribution in [0.2, 0.25) is 0 Å². The molecule has 0 aliphatic carbocycles. The zero-order valence-electron chi connectivity index (χ0n) is 13.1. The summed E-state index contributed by atoms with van der Waals surface area (Å²) in [4.78, 5) is 24.4. The summed E-state index contributed by atoms with van der Waals surface area (Å²) in [5, 5.41) is 8.24. The highest BCUT2D eigenvalue weighted by molar-refractivity contribution is 5.82. The van der Waals surface area contributed by atoms with Crippen LogP contribution in [0.1, 0.15) is 19.8 Å². The summed E-state index contributed by atoms with van der Waals surface area (Å²) in [5.41, 5.74) is 0.848. The predicted molar refractivity (Wildman–Crippen MR) is 80.7 cm³/mol. The van der Waals surface area contributed by atoms with Crippen molar-refractivity contribution in [1.29, 1.82) is 0 Å². The van der Waals surface area contributed by atoms with Crippen LogP contribution in [0.4, 0.5) is 0 Å². The Kier molecular flexibility index (Phi) is 3.77. The third kappa shape index (κ3) is 2.43. The summed E-state index contributed by atoms with van der Waals surface area (Å²) < 4.78 is 11.7. The Morgan fingerprint density at radius 3 is 2.91 bits per heavy atom. The van der Waals surface area contributed by atoms with Crippen molar-refractivity contribution >= 4 is 23.3 Å². The molecule has 0 saturated heterocycles. The maximum atomic E-state index is 12.0. The number of esters is 1. The number of rotatable bonds is 4. The summed E-state index contributed by atoms with van der Waals surface area (Å²) in [6, 6.07) is 0. The molecule has 0 saturated carbocycles. The van der Waals surface area contributed by atoms with Gasteiger partial charge in [0.25, 0.3) is 0 Å². The number of nitrogens with zero attached hydrogens (tertiary/aromatic N) is 6. The minimum absolute atomic E-state index is 0.373. The SMILES string of the molecule is CCC1(C(=O)OC)C/C(=C\n2cnc3c(OC)ncnc32)N=N1. The Labute approximate surface area is 132 Å². The molecule has 9 nitrogen and oxygen atoms in total. The molecule has 1 aliphatic rings. The van der Waals surface area contributed by atoms with Crippen LogP contribution in [-0.2, 0) is 9.53 Å². The largest absolute Gasteiger partial charge is 0.479 e. The number of hydrogen-bond acceptors (Lipinski definition) is 8. The number of azo groups is 1. The van der Waals surface area contributed by atoms with Gasteiger partial charge in [0.05, 0.1) is 19.9 Å². The number of carbonyl (C=O) groups is 1. The Morgan fingerprint density at radius 1 is 1.39 bits per heavy atom. The van der Waals surface area contributed by atoms with E-state index in [0.29, 0.717) is 35.6 Å². The highest BCUT2D eigenvalue weighted by Crippen LogP contribution is 2.34. The number of carbonyl (C=O) groups excluding carboxylic acids is 1. The van der Waals surface area contributed by atoms with Crippen LogP contribution >= 0.6 is 0 Å². The lowest BCUT2D eigenvalue weighted by molar-refractivity contribution is -0.146. The molecule has 9 heteroatoms. The summed E-state index contributed by atoms with van der Waals surface area (Å²) >= 11 is 0. The van der Waals surface area contributed by atoms with E-state index in [4.69, 9.17) is 9.47 Å². The molecule has 0 radical (unpaired) electrons. The van der Waals surface area contributed by atoms with Gasteiger partial charge in [0, 0.05) is 12.6 Å². The van der Waals surface area contributed by atoms with Crippen molar-refractivity contribution in [3.63, 3.8) is 0 Å². The molecule has 1 atom stereocenters. The van der Waals surface area contributed by atoms with Crippen molar-refractivity contribution < 1.29 is 14.3 Å². The van der Waals surface area contributed by atoms with Crippen molar-refractivity contribution in [2.24, 2.45) is 10.2 Å². The van der Waals surface area contributed by atoms with E-state index in [2.05, 4.69) is 25.2 Å². The molecular formula is C14H16N6O3. The van der Waals surface area contributed by atoms with Crippen LogP contribution in [0.15, 0.2) is 28.6 Å². The molecule has 0 fully saturated rings. The fourth-order valence-electron chi connectivity index (χ4n) is 2.48. The maximum absolute atomic E-state index is 12.0. The Hall–Kier alpha value is -2.84. The lowest BCUT2D eigenvalue weighted by Gasteiger charge is -2.18. The van der Waals surface area contributed by atoms with Gasteiger partial charge in [-0.15, -0.1) is 0 Å². The lowest BCUT2D eigenvalue weighted by Crippen LogP contribution is -2.35. The Bertz CT molecular complexity index is 812. The predicted octanol–water partition coefficient (Wildman–Crippen LogP) is 1.81. The highest BCUT2D eigenvalue weighted by atomic mass is 16.5. The van der Waals surface area contributed by atoms with Gasteiger partial charge in [-0.2, -0.15) is 15.2 Å². The summed E-state index contributed by atoms with van der Waals surface area (Å²) in [5.74, 6) is 0.0179. The van der Waals surface area contributed by atoms with E-state index in [-0.39, 0.29) is 5.97 Å². The van der Waals surface area contributed by atoms with Gasteiger partial charge in [-0.3, -0.25) is 4.57 Å². The molecule has 0 aromatic carbocycles. The zero-order chi connectivity index (χ0) is 16.4. The van der Waals surface area contributed by atoms with Crippen LogP contribution in [0.5, 0.6) is 5.88 Å². The van der Waals surface area contributed by atoms with Crippen molar-refractivity contribution in [3.05, 3.63) is 18.4 Å². The van der Waals surface area contributed by atoms with Gasteiger partial charge in [-0.05, 0) is 6.42 Å². The first kappa shape index (κ1) is 15.1. The van der Waals surface area contributed by atoms with Gasteiger partial charge in [0.1, 0.15) is 12.7 Å². The third-order valence-corrected chi connectivity index (χ3v) is 3.80. The summed E-state index contributed by atoms with van der Waals surface area (Å²) in [6.45, 7) is 1.88. The van der Waals surface area contributed by atoms with Crippen molar-refractivity contribution in [2.75, 3.05) is 14.2 Å². The Morgan fingerprint density at radius 2 is 2.22 bits per heavy atom. The van der Waals surface area contributed by atoms with Crippen LogP contribution in [0, 0.1) is 0 Å². The molecule has 0 spiro atoms. The van der Waals surface area contributed by atoms with Gasteiger partial charge >= 0.3 is 5.97 Å². The van der Waals surface area contributed by atoms with E-state index in [1.165, 1.54) is 20.5 Å². The lowest BCUT2D eigenvalue weighted by atomic mass is 9.93. The van der Waals surface area contributed by atoms with E-state index in [9.17, 15) is 4.79 Å². The molecule has 1 unspecified atom stereocenters. The molecule has 3 rings (SSSR count). The van der Waals surface area contributed by atoms with E-state index in [0.717, 1.165) is 0 Å². The zero-order valence-corrected chi connectivity index (χ0v) is 13.1. The average Bonchev–Trinajstić information content (AvgIpc) is 3.19. The first-order valence-electron chi connectivity index (χ1n) is 7.07. The number of ether oxygens (including phenoxy) is 2. The van der Waals surface area contributed by atoms with Crippen LogP contribution in [-0.4, -0.2) is 45.2 Å².